The second kappa shape index (κ2) is 6.56. The summed E-state index contributed by atoms with van der Waals surface area (Å²) in [6.45, 7) is 2.61. The van der Waals surface area contributed by atoms with E-state index in [9.17, 15) is 13.5 Å². The van der Waals surface area contributed by atoms with E-state index in [1.807, 2.05) is 19.1 Å². The van der Waals surface area contributed by atoms with E-state index in [0.29, 0.717) is 18.6 Å². The summed E-state index contributed by atoms with van der Waals surface area (Å²) in [5, 5.41) is 10.1. The monoisotopic (exact) mass is 299 g/mol. The van der Waals surface area contributed by atoms with E-state index in [0.717, 1.165) is 24.2 Å². The van der Waals surface area contributed by atoms with E-state index in [1.54, 1.807) is 6.07 Å². The van der Waals surface area contributed by atoms with E-state index in [1.165, 1.54) is 0 Å². The third-order valence-corrected chi connectivity index (χ3v) is 4.79. The maximum Gasteiger partial charge on any atom is 0.211 e. The maximum absolute atomic E-state index is 11.7. The lowest BCUT2D eigenvalue weighted by atomic mass is 10.0. The largest absolute Gasteiger partial charge is 0.493 e. The lowest BCUT2D eigenvalue weighted by Crippen LogP contribution is -2.30. The molecule has 0 radical (unpaired) electrons. The highest BCUT2D eigenvalue weighted by Gasteiger charge is 2.17. The number of aliphatic hydroxyl groups excluding tert-OH is 1. The molecule has 1 aliphatic heterocycles. The van der Waals surface area contributed by atoms with E-state index < -0.39 is 16.1 Å². The molecule has 0 aromatic heterocycles. The molecular weight excluding hydrogens is 278 g/mol. The molecular formula is C14H21NO4S. The Morgan fingerprint density at radius 1 is 1.45 bits per heavy atom. The Bertz CT molecular complexity index is 556. The Morgan fingerprint density at radius 3 is 3.00 bits per heavy atom. The van der Waals surface area contributed by atoms with Crippen molar-refractivity contribution in [1.82, 2.24) is 4.72 Å². The van der Waals surface area contributed by atoms with E-state index in [4.69, 9.17) is 4.74 Å². The van der Waals surface area contributed by atoms with Gasteiger partial charge in [-0.2, -0.15) is 0 Å². The van der Waals surface area contributed by atoms with Crippen molar-refractivity contribution in [2.75, 3.05) is 18.9 Å². The van der Waals surface area contributed by atoms with Gasteiger partial charge in [0, 0.05) is 13.0 Å². The van der Waals surface area contributed by atoms with Crippen LogP contribution in [0.4, 0.5) is 0 Å². The molecule has 1 unspecified atom stereocenters. The molecule has 6 heteroatoms. The zero-order valence-electron chi connectivity index (χ0n) is 11.6. The summed E-state index contributed by atoms with van der Waals surface area (Å²) in [6.07, 6.45) is 1.45. The number of nitrogens with one attached hydrogen (secondary N) is 1. The summed E-state index contributed by atoms with van der Waals surface area (Å²) in [7, 11) is -3.29. The van der Waals surface area contributed by atoms with Gasteiger partial charge in [-0.15, -0.1) is 0 Å². The van der Waals surface area contributed by atoms with Gasteiger partial charge < -0.3 is 9.84 Å². The SMILES string of the molecule is CCCCS(=O)(=O)NCC(O)c1ccc2c(c1)CCO2. The van der Waals surface area contributed by atoms with E-state index in [2.05, 4.69) is 4.72 Å². The second-order valence-electron chi connectivity index (χ2n) is 5.00. The summed E-state index contributed by atoms with van der Waals surface area (Å²) in [5.41, 5.74) is 1.78. The molecule has 0 saturated carbocycles. The normalized spacial score (nSPS) is 15.7. The molecule has 0 saturated heterocycles. The predicted octanol–water partition coefficient (Wildman–Crippen LogP) is 1.37. The fraction of sp³-hybridized carbons (Fsp3) is 0.571. The minimum Gasteiger partial charge on any atom is -0.493 e. The van der Waals surface area contributed by atoms with Gasteiger partial charge in [-0.1, -0.05) is 19.4 Å². The first kappa shape index (κ1) is 15.3. The third kappa shape index (κ3) is 3.94. The Morgan fingerprint density at radius 2 is 2.25 bits per heavy atom. The fourth-order valence-electron chi connectivity index (χ4n) is 2.14. The Labute approximate surface area is 120 Å². The fourth-order valence-corrected chi connectivity index (χ4v) is 3.37. The first-order valence-corrected chi connectivity index (χ1v) is 8.58. The number of hydrogen-bond donors (Lipinski definition) is 2. The average Bonchev–Trinajstić information content (AvgIpc) is 2.90. The first-order valence-electron chi connectivity index (χ1n) is 6.93. The molecule has 0 amide bonds. The topological polar surface area (TPSA) is 75.6 Å². The number of unbranched alkanes of at least 4 members (excludes halogenated alkanes) is 1. The molecule has 2 rings (SSSR count). The number of aliphatic hydroxyl groups is 1. The Kier molecular flexibility index (Phi) is 5.01. The molecule has 5 nitrogen and oxygen atoms in total. The van der Waals surface area contributed by atoms with E-state index in [-0.39, 0.29) is 12.3 Å². The zero-order chi connectivity index (χ0) is 14.6. The number of hydrogen-bond acceptors (Lipinski definition) is 4. The third-order valence-electron chi connectivity index (χ3n) is 3.36. The highest BCUT2D eigenvalue weighted by atomic mass is 32.2. The van der Waals surface area contributed by atoms with Crippen LogP contribution in [0.25, 0.3) is 0 Å². The van der Waals surface area contributed by atoms with Gasteiger partial charge in [0.1, 0.15) is 5.75 Å². The summed E-state index contributed by atoms with van der Waals surface area (Å²) in [4.78, 5) is 0. The van der Waals surface area contributed by atoms with Gasteiger partial charge in [-0.05, 0) is 29.7 Å². The summed E-state index contributed by atoms with van der Waals surface area (Å²) < 4.78 is 31.2. The lowest BCUT2D eigenvalue weighted by molar-refractivity contribution is 0.182. The Hall–Kier alpha value is -1.11. The van der Waals surface area contributed by atoms with Gasteiger partial charge in [-0.3, -0.25) is 0 Å². The van der Waals surface area contributed by atoms with Crippen LogP contribution in [0.5, 0.6) is 5.75 Å². The minimum atomic E-state index is -3.29. The van der Waals surface area contributed by atoms with Crippen LogP contribution in [-0.2, 0) is 16.4 Å². The summed E-state index contributed by atoms with van der Waals surface area (Å²) in [6, 6.07) is 5.48. The van der Waals surface area contributed by atoms with Gasteiger partial charge in [0.05, 0.1) is 18.5 Å². The van der Waals surface area contributed by atoms with Crippen LogP contribution in [0.1, 0.15) is 37.0 Å². The molecule has 1 aromatic rings. The van der Waals surface area contributed by atoms with Gasteiger partial charge in [-0.25, -0.2) is 13.1 Å². The number of sulfonamides is 1. The molecule has 0 aliphatic carbocycles. The molecule has 0 spiro atoms. The van der Waals surface area contributed by atoms with Gasteiger partial charge in [0.25, 0.3) is 0 Å². The smallest absolute Gasteiger partial charge is 0.211 e. The van der Waals surface area contributed by atoms with Crippen molar-refractivity contribution < 1.29 is 18.3 Å². The predicted molar refractivity (Wildman–Crippen MR) is 77.3 cm³/mol. The van der Waals surface area contributed by atoms with Crippen LogP contribution in [0.3, 0.4) is 0 Å². The van der Waals surface area contributed by atoms with Gasteiger partial charge >= 0.3 is 0 Å². The maximum atomic E-state index is 11.7. The lowest BCUT2D eigenvalue weighted by Gasteiger charge is -2.13. The Balaban J connectivity index is 1.93. The number of benzene rings is 1. The van der Waals surface area contributed by atoms with Crippen LogP contribution in [0.15, 0.2) is 18.2 Å². The summed E-state index contributed by atoms with van der Waals surface area (Å²) >= 11 is 0. The molecule has 0 bridgehead atoms. The highest BCUT2D eigenvalue weighted by Crippen LogP contribution is 2.28. The molecule has 20 heavy (non-hydrogen) atoms. The van der Waals surface area contributed by atoms with Gasteiger partial charge in [0.15, 0.2) is 0 Å². The molecule has 1 heterocycles. The summed E-state index contributed by atoms with van der Waals surface area (Å²) in [5.74, 6) is 0.957. The van der Waals surface area contributed by atoms with Crippen molar-refractivity contribution in [1.29, 1.82) is 0 Å². The van der Waals surface area contributed by atoms with Crippen molar-refractivity contribution in [3.8, 4) is 5.75 Å². The standard InChI is InChI=1S/C14H21NO4S/c1-2-3-8-20(17,18)15-10-13(16)11-4-5-14-12(9-11)6-7-19-14/h4-5,9,13,15-16H,2-3,6-8,10H2,1H3. The zero-order valence-corrected chi connectivity index (χ0v) is 12.4. The van der Waals surface area contributed by atoms with Gasteiger partial charge in [0.2, 0.25) is 10.0 Å². The molecule has 2 N–H and O–H groups in total. The van der Waals surface area contributed by atoms with Crippen molar-refractivity contribution >= 4 is 10.0 Å². The van der Waals surface area contributed by atoms with Crippen molar-refractivity contribution in [3.63, 3.8) is 0 Å². The molecule has 0 fully saturated rings. The van der Waals surface area contributed by atoms with Crippen LogP contribution in [0.2, 0.25) is 0 Å². The van der Waals surface area contributed by atoms with Crippen molar-refractivity contribution in [2.45, 2.75) is 32.3 Å². The average molecular weight is 299 g/mol. The highest BCUT2D eigenvalue weighted by molar-refractivity contribution is 7.89. The quantitative estimate of drug-likeness (QED) is 0.797. The van der Waals surface area contributed by atoms with Crippen LogP contribution in [0, 0.1) is 0 Å². The van der Waals surface area contributed by atoms with Crippen molar-refractivity contribution in [3.05, 3.63) is 29.3 Å². The molecule has 1 aromatic carbocycles. The number of fused-ring (bicyclic) bond motifs is 1. The van der Waals surface area contributed by atoms with Crippen molar-refractivity contribution in [2.24, 2.45) is 0 Å². The number of ether oxygens (including phenoxy) is 1. The second-order valence-corrected chi connectivity index (χ2v) is 6.93. The first-order chi connectivity index (χ1) is 9.52. The van der Waals surface area contributed by atoms with Crippen LogP contribution in [-0.4, -0.2) is 32.4 Å². The van der Waals surface area contributed by atoms with E-state index >= 15 is 0 Å². The van der Waals surface area contributed by atoms with Crippen LogP contribution >= 0.6 is 0 Å². The molecule has 1 aliphatic rings. The molecule has 112 valence electrons. The minimum absolute atomic E-state index is 0.00565. The van der Waals surface area contributed by atoms with Crippen LogP contribution < -0.4 is 9.46 Å². The molecule has 1 atom stereocenters. The number of rotatable bonds is 7.